The zero-order chi connectivity index (χ0) is 13.5. The number of halogens is 1. The molecule has 0 aliphatic rings. The number of benzene rings is 2. The van der Waals surface area contributed by atoms with E-state index in [-0.39, 0.29) is 11.3 Å². The molecule has 0 radical (unpaired) electrons. The van der Waals surface area contributed by atoms with Crippen molar-refractivity contribution in [1.29, 1.82) is 0 Å². The van der Waals surface area contributed by atoms with Crippen molar-refractivity contribution in [1.82, 2.24) is 0 Å². The summed E-state index contributed by atoms with van der Waals surface area (Å²) in [4.78, 5) is 11.6. The zero-order valence-electron chi connectivity index (χ0n) is 9.42. The van der Waals surface area contributed by atoms with Crippen LogP contribution in [0.5, 0.6) is 5.75 Å². The van der Waals surface area contributed by atoms with E-state index < -0.39 is 15.5 Å². The first-order valence-electron chi connectivity index (χ1n) is 5.00. The summed E-state index contributed by atoms with van der Waals surface area (Å²) < 4.78 is 9.76. The predicted molar refractivity (Wildman–Crippen MR) is 72.8 cm³/mol. The Kier molecular flexibility index (Phi) is 3.14. The van der Waals surface area contributed by atoms with Gasteiger partial charge in [0.15, 0.2) is 0 Å². The lowest BCUT2D eigenvalue weighted by Gasteiger charge is -2.20. The molecule has 0 aliphatic heterocycles. The molecule has 0 amide bonds. The summed E-state index contributed by atoms with van der Waals surface area (Å²) in [5, 5.41) is 19.6. The maximum atomic E-state index is 11.1. The second-order valence-electron chi connectivity index (χ2n) is 3.93. The van der Waals surface area contributed by atoms with Crippen molar-refractivity contribution in [3.05, 3.63) is 35.9 Å². The Bertz CT molecular complexity index is 634. The average molecular weight is 287 g/mol. The topological polar surface area (TPSA) is 77.8 Å². The summed E-state index contributed by atoms with van der Waals surface area (Å²) in [7, 11) is 3.49. The minimum absolute atomic E-state index is 0.150. The third-order valence-corrected chi connectivity index (χ3v) is 4.26. The smallest absolute Gasteiger partial charge is 0.340 e. The lowest BCUT2D eigenvalue weighted by Crippen LogP contribution is -1.98. The van der Waals surface area contributed by atoms with Gasteiger partial charge in [0, 0.05) is 16.5 Å². The summed E-state index contributed by atoms with van der Waals surface area (Å²) in [6, 6.07) is 7.63. The number of phenols is 1. The number of aromatic carboxylic acids is 1. The van der Waals surface area contributed by atoms with Crippen molar-refractivity contribution in [2.75, 3.05) is 6.26 Å². The monoisotopic (exact) mass is 286 g/mol. The van der Waals surface area contributed by atoms with Gasteiger partial charge in [0.05, 0.1) is 0 Å². The van der Waals surface area contributed by atoms with Crippen LogP contribution in [0.15, 0.2) is 35.2 Å². The Morgan fingerprint density at radius 2 is 1.94 bits per heavy atom. The van der Waals surface area contributed by atoms with E-state index >= 15 is 0 Å². The molecule has 0 spiro atoms. The molecule has 0 heterocycles. The maximum absolute atomic E-state index is 11.1. The highest BCUT2D eigenvalue weighted by Crippen LogP contribution is 2.53. The summed E-state index contributed by atoms with van der Waals surface area (Å²) in [5.41, 5.74) is -0.150. The van der Waals surface area contributed by atoms with Gasteiger partial charge in [-0.2, -0.15) is 0 Å². The molecule has 0 bridgehead atoms. The van der Waals surface area contributed by atoms with Crippen LogP contribution in [0, 0.1) is 0 Å². The van der Waals surface area contributed by atoms with E-state index in [2.05, 4.69) is 0 Å². The van der Waals surface area contributed by atoms with Gasteiger partial charge in [0.1, 0.15) is 11.3 Å². The van der Waals surface area contributed by atoms with Crippen LogP contribution in [-0.4, -0.2) is 27.0 Å². The Balaban J connectivity index is 2.75. The van der Waals surface area contributed by atoms with Crippen molar-refractivity contribution >= 4 is 36.9 Å². The minimum Gasteiger partial charge on any atom is -0.507 e. The first-order valence-corrected chi connectivity index (χ1v) is 7.82. The lowest BCUT2D eigenvalue weighted by atomic mass is 10.0. The van der Waals surface area contributed by atoms with Gasteiger partial charge in [-0.25, -0.2) is 4.79 Å². The van der Waals surface area contributed by atoms with Crippen LogP contribution in [0.4, 0.5) is 0 Å². The van der Waals surface area contributed by atoms with E-state index in [1.54, 1.807) is 18.2 Å². The largest absolute Gasteiger partial charge is 0.507 e. The molecule has 0 saturated heterocycles. The normalized spacial score (nSPS) is 16.2. The van der Waals surface area contributed by atoms with Gasteiger partial charge in [0.2, 0.25) is 0 Å². The lowest BCUT2D eigenvalue weighted by molar-refractivity contribution is 0.0696. The molecule has 18 heavy (non-hydrogen) atoms. The Morgan fingerprint density at radius 3 is 2.50 bits per heavy atom. The maximum Gasteiger partial charge on any atom is 0.340 e. The van der Waals surface area contributed by atoms with Crippen LogP contribution < -0.4 is 0 Å². The highest BCUT2D eigenvalue weighted by Gasteiger charge is 2.17. The van der Waals surface area contributed by atoms with Crippen LogP contribution in [0.25, 0.3) is 10.8 Å². The first kappa shape index (κ1) is 13.0. The van der Waals surface area contributed by atoms with Crippen LogP contribution in [0.3, 0.4) is 0 Å². The second-order valence-corrected chi connectivity index (χ2v) is 7.76. The molecule has 2 aromatic rings. The number of carboxylic acid groups (broad SMARTS) is 1. The molecule has 3 N–H and O–H groups in total. The summed E-state index contributed by atoms with van der Waals surface area (Å²) in [6.07, 6.45) is 1.51. The molecule has 0 aliphatic carbocycles. The molecule has 96 valence electrons. The van der Waals surface area contributed by atoms with Crippen molar-refractivity contribution in [3.63, 3.8) is 0 Å². The molecule has 1 atom stereocenters. The van der Waals surface area contributed by atoms with Crippen molar-refractivity contribution < 1.29 is 19.6 Å². The SMILES string of the molecule is CS(O)(Cl)c1ccc2c(C(=O)O)c(O)ccc2c1. The molecule has 6 heteroatoms. The van der Waals surface area contributed by atoms with Gasteiger partial charge >= 0.3 is 5.97 Å². The summed E-state index contributed by atoms with van der Waals surface area (Å²) in [5.74, 6) is -1.48. The minimum atomic E-state index is -2.38. The Labute approximate surface area is 109 Å². The number of aromatic hydroxyl groups is 1. The van der Waals surface area contributed by atoms with Gasteiger partial charge in [-0.1, -0.05) is 12.1 Å². The van der Waals surface area contributed by atoms with E-state index in [0.717, 1.165) is 0 Å². The van der Waals surface area contributed by atoms with Crippen molar-refractivity contribution in [2.24, 2.45) is 0 Å². The Morgan fingerprint density at radius 1 is 1.28 bits per heavy atom. The fourth-order valence-electron chi connectivity index (χ4n) is 1.75. The average Bonchev–Trinajstić information content (AvgIpc) is 2.26. The van der Waals surface area contributed by atoms with Crippen LogP contribution in [0.2, 0.25) is 0 Å². The van der Waals surface area contributed by atoms with E-state index in [1.165, 1.54) is 18.4 Å². The van der Waals surface area contributed by atoms with E-state index in [4.69, 9.17) is 15.8 Å². The number of carbonyl (C=O) groups is 1. The predicted octanol–water partition coefficient (Wildman–Crippen LogP) is 3.66. The highest BCUT2D eigenvalue weighted by molar-refractivity contribution is 8.46. The molecule has 0 saturated carbocycles. The van der Waals surface area contributed by atoms with Crippen molar-refractivity contribution in [3.8, 4) is 5.75 Å². The fraction of sp³-hybridized carbons (Fsp3) is 0.0833. The summed E-state index contributed by atoms with van der Waals surface area (Å²) in [6.45, 7) is 0. The first-order chi connectivity index (χ1) is 8.30. The molecule has 0 fully saturated rings. The van der Waals surface area contributed by atoms with Gasteiger partial charge in [-0.05, 0) is 43.8 Å². The molecule has 2 rings (SSSR count). The van der Waals surface area contributed by atoms with E-state index in [0.29, 0.717) is 15.7 Å². The van der Waals surface area contributed by atoms with Crippen LogP contribution in [-0.2, 0) is 0 Å². The second kappa shape index (κ2) is 4.35. The third-order valence-electron chi connectivity index (χ3n) is 2.61. The molecule has 1 unspecified atom stereocenters. The van der Waals surface area contributed by atoms with Gasteiger partial charge < -0.3 is 14.8 Å². The van der Waals surface area contributed by atoms with Gasteiger partial charge in [0.25, 0.3) is 0 Å². The third kappa shape index (κ3) is 2.25. The molecular weight excluding hydrogens is 276 g/mol. The van der Waals surface area contributed by atoms with Gasteiger partial charge in [-0.3, -0.25) is 0 Å². The standard InChI is InChI=1S/C12H11ClO4S/c1-18(13,17)8-3-4-9-7(6-8)2-5-10(14)11(9)12(15)16/h2-6,14,17H,1H3,(H,15,16). The number of hydrogen-bond acceptors (Lipinski definition) is 3. The van der Waals surface area contributed by atoms with Gasteiger partial charge in [-0.15, -0.1) is 0 Å². The number of hydrogen-bond donors (Lipinski definition) is 3. The highest BCUT2D eigenvalue weighted by atomic mass is 35.7. The van der Waals surface area contributed by atoms with E-state index in [9.17, 15) is 14.5 Å². The summed E-state index contributed by atoms with van der Waals surface area (Å²) >= 11 is 0. The molecule has 2 aromatic carbocycles. The fourth-order valence-corrected chi connectivity index (χ4v) is 2.70. The zero-order valence-corrected chi connectivity index (χ0v) is 11.0. The molecule has 0 aromatic heterocycles. The number of fused-ring (bicyclic) bond motifs is 1. The Hall–Kier alpha value is -1.43. The number of carboxylic acids is 1. The van der Waals surface area contributed by atoms with Crippen molar-refractivity contribution in [2.45, 2.75) is 4.90 Å². The van der Waals surface area contributed by atoms with Crippen LogP contribution in [0.1, 0.15) is 10.4 Å². The quantitative estimate of drug-likeness (QED) is 0.787. The molecule has 4 nitrogen and oxygen atoms in total. The van der Waals surface area contributed by atoms with E-state index in [1.807, 2.05) is 0 Å². The number of rotatable bonds is 2. The molecular formula is C12H11ClO4S. The van der Waals surface area contributed by atoms with Crippen LogP contribution >= 0.6 is 20.2 Å².